The molecule has 0 aromatic heterocycles. The van der Waals surface area contributed by atoms with Gasteiger partial charge in [-0.05, 0) is 37.0 Å². The van der Waals surface area contributed by atoms with Crippen molar-refractivity contribution in [3.05, 3.63) is 29.8 Å². The fourth-order valence-corrected chi connectivity index (χ4v) is 2.37. The van der Waals surface area contributed by atoms with Gasteiger partial charge in [-0.2, -0.15) is 0 Å². The normalized spacial score (nSPS) is 14.0. The van der Waals surface area contributed by atoms with Crippen LogP contribution < -0.4 is 10.1 Å². The summed E-state index contributed by atoms with van der Waals surface area (Å²) in [6.07, 6.45) is 3.17. The van der Waals surface area contributed by atoms with E-state index >= 15 is 0 Å². The number of aliphatic hydroxyl groups is 1. The summed E-state index contributed by atoms with van der Waals surface area (Å²) in [6, 6.07) is 8.20. The molecule has 0 unspecified atom stereocenters. The van der Waals surface area contributed by atoms with E-state index in [1.807, 2.05) is 24.3 Å². The Morgan fingerprint density at radius 2 is 1.78 bits per heavy atom. The lowest BCUT2D eigenvalue weighted by molar-refractivity contribution is 0.0277. The zero-order valence-electron chi connectivity index (χ0n) is 15.0. The molecule has 0 aliphatic carbocycles. The van der Waals surface area contributed by atoms with E-state index in [1.165, 1.54) is 12.8 Å². The summed E-state index contributed by atoms with van der Waals surface area (Å²) in [7, 11) is 1.65. The Morgan fingerprint density at radius 1 is 1.09 bits per heavy atom. The van der Waals surface area contributed by atoms with Gasteiger partial charge in [-0.15, -0.1) is 0 Å². The maximum absolute atomic E-state index is 9.96. The third kappa shape index (κ3) is 9.59. The minimum Gasteiger partial charge on any atom is -0.497 e. The number of benzene rings is 1. The van der Waals surface area contributed by atoms with E-state index in [2.05, 4.69) is 26.1 Å². The van der Waals surface area contributed by atoms with Crippen molar-refractivity contribution < 1.29 is 14.6 Å². The molecular weight excluding hydrogens is 290 g/mol. The molecule has 1 aromatic carbocycles. The monoisotopic (exact) mass is 323 g/mol. The molecule has 0 heterocycles. The van der Waals surface area contributed by atoms with Crippen molar-refractivity contribution in [3.8, 4) is 5.75 Å². The summed E-state index contributed by atoms with van der Waals surface area (Å²) < 4.78 is 10.7. The molecule has 0 aliphatic heterocycles. The summed E-state index contributed by atoms with van der Waals surface area (Å²) in [5, 5.41) is 13.3. The Morgan fingerprint density at radius 3 is 2.39 bits per heavy atom. The van der Waals surface area contributed by atoms with Gasteiger partial charge in [0, 0.05) is 12.6 Å². The first-order valence-corrected chi connectivity index (χ1v) is 8.63. The molecule has 2 atom stereocenters. The van der Waals surface area contributed by atoms with E-state index in [4.69, 9.17) is 9.47 Å². The molecular formula is C19H33NO3. The van der Waals surface area contributed by atoms with Gasteiger partial charge in [0.2, 0.25) is 0 Å². The van der Waals surface area contributed by atoms with Crippen LogP contribution in [0.3, 0.4) is 0 Å². The number of aliphatic hydroxyl groups excluding tert-OH is 1. The van der Waals surface area contributed by atoms with Crippen LogP contribution in [0.1, 0.15) is 45.6 Å². The van der Waals surface area contributed by atoms with Gasteiger partial charge in [-0.25, -0.2) is 0 Å². The highest BCUT2D eigenvalue weighted by Gasteiger charge is 2.08. The van der Waals surface area contributed by atoms with Crippen LogP contribution in [0.2, 0.25) is 0 Å². The van der Waals surface area contributed by atoms with Gasteiger partial charge < -0.3 is 19.9 Å². The van der Waals surface area contributed by atoms with Gasteiger partial charge in [0.25, 0.3) is 0 Å². The second kappa shape index (κ2) is 11.4. The van der Waals surface area contributed by atoms with Crippen LogP contribution in [0, 0.1) is 5.92 Å². The fourth-order valence-electron chi connectivity index (χ4n) is 2.37. The molecule has 0 radical (unpaired) electrons. The first-order chi connectivity index (χ1) is 11.0. The minimum atomic E-state index is -0.471. The number of methoxy groups -OCH3 is 1. The van der Waals surface area contributed by atoms with Gasteiger partial charge in [0.15, 0.2) is 0 Å². The molecule has 2 N–H and O–H groups in total. The summed E-state index contributed by atoms with van der Waals surface area (Å²) in [4.78, 5) is 0. The molecule has 23 heavy (non-hydrogen) atoms. The van der Waals surface area contributed by atoms with Crippen molar-refractivity contribution in [3.63, 3.8) is 0 Å². The summed E-state index contributed by atoms with van der Waals surface area (Å²) in [5.41, 5.74) is 1.08. The van der Waals surface area contributed by atoms with Crippen LogP contribution in [0.15, 0.2) is 24.3 Å². The van der Waals surface area contributed by atoms with Gasteiger partial charge >= 0.3 is 0 Å². The second-order valence-electron chi connectivity index (χ2n) is 6.65. The van der Waals surface area contributed by atoms with Crippen LogP contribution in [0.4, 0.5) is 0 Å². The Labute approximate surface area is 141 Å². The Hall–Kier alpha value is -1.10. The average molecular weight is 323 g/mol. The largest absolute Gasteiger partial charge is 0.497 e. The summed E-state index contributed by atoms with van der Waals surface area (Å²) >= 11 is 0. The van der Waals surface area contributed by atoms with Gasteiger partial charge in [-0.3, -0.25) is 0 Å². The van der Waals surface area contributed by atoms with Gasteiger partial charge in [0.05, 0.1) is 26.4 Å². The molecule has 0 fully saturated rings. The fraction of sp³-hybridized carbons (Fsp3) is 0.684. The molecule has 1 rings (SSSR count). The van der Waals surface area contributed by atoms with E-state index in [9.17, 15) is 5.11 Å². The Balaban J connectivity index is 2.10. The maximum atomic E-state index is 9.96. The lowest BCUT2D eigenvalue weighted by Crippen LogP contribution is -2.35. The quantitative estimate of drug-likeness (QED) is 0.619. The molecule has 0 saturated carbocycles. The molecule has 1 aromatic rings. The molecule has 0 aliphatic rings. The van der Waals surface area contributed by atoms with Crippen molar-refractivity contribution >= 4 is 0 Å². The molecule has 0 saturated heterocycles. The van der Waals surface area contributed by atoms with E-state index in [1.54, 1.807) is 7.11 Å². The van der Waals surface area contributed by atoms with E-state index in [0.29, 0.717) is 25.8 Å². The van der Waals surface area contributed by atoms with Crippen molar-refractivity contribution in [1.82, 2.24) is 5.32 Å². The SMILES string of the molecule is COc1ccc(COC[C@@H](O)CN[C@@H](C)CCCC(C)C)cc1. The van der Waals surface area contributed by atoms with Crippen molar-refractivity contribution in [1.29, 1.82) is 0 Å². The van der Waals surface area contributed by atoms with Crippen LogP contribution in [0.25, 0.3) is 0 Å². The highest BCUT2D eigenvalue weighted by atomic mass is 16.5. The molecule has 132 valence electrons. The first kappa shape index (κ1) is 19.9. The summed E-state index contributed by atoms with van der Waals surface area (Å²) in [5.74, 6) is 1.60. The molecule has 4 nitrogen and oxygen atoms in total. The maximum Gasteiger partial charge on any atom is 0.118 e. The average Bonchev–Trinajstić information content (AvgIpc) is 2.53. The molecule has 4 heteroatoms. The van der Waals surface area contributed by atoms with Gasteiger partial charge in [-0.1, -0.05) is 38.8 Å². The zero-order valence-corrected chi connectivity index (χ0v) is 15.0. The second-order valence-corrected chi connectivity index (χ2v) is 6.65. The highest BCUT2D eigenvalue weighted by Crippen LogP contribution is 2.12. The van der Waals surface area contributed by atoms with Crippen molar-refractivity contribution in [2.24, 2.45) is 5.92 Å². The Kier molecular flexibility index (Phi) is 9.92. The van der Waals surface area contributed by atoms with Crippen LogP contribution >= 0.6 is 0 Å². The summed E-state index contributed by atoms with van der Waals surface area (Å²) in [6.45, 7) is 8.10. The van der Waals surface area contributed by atoms with Crippen molar-refractivity contribution in [2.75, 3.05) is 20.3 Å². The predicted octanol–water partition coefficient (Wildman–Crippen LogP) is 3.38. The minimum absolute atomic E-state index is 0.345. The number of nitrogens with one attached hydrogen (secondary N) is 1. The third-order valence-corrected chi connectivity index (χ3v) is 3.86. The Bertz CT molecular complexity index is 406. The molecule has 0 amide bonds. The third-order valence-electron chi connectivity index (χ3n) is 3.86. The van der Waals surface area contributed by atoms with Crippen LogP contribution in [0.5, 0.6) is 5.75 Å². The van der Waals surface area contributed by atoms with Gasteiger partial charge in [0.1, 0.15) is 5.75 Å². The van der Waals surface area contributed by atoms with Crippen LogP contribution in [-0.4, -0.2) is 37.5 Å². The topological polar surface area (TPSA) is 50.7 Å². The zero-order chi connectivity index (χ0) is 17.1. The van der Waals surface area contributed by atoms with E-state index < -0.39 is 6.10 Å². The predicted molar refractivity (Wildman–Crippen MR) is 94.8 cm³/mol. The van der Waals surface area contributed by atoms with Crippen LogP contribution in [-0.2, 0) is 11.3 Å². The lowest BCUT2D eigenvalue weighted by atomic mass is 10.0. The number of hydrogen-bond donors (Lipinski definition) is 2. The smallest absolute Gasteiger partial charge is 0.118 e. The number of hydrogen-bond acceptors (Lipinski definition) is 4. The van der Waals surface area contributed by atoms with E-state index in [-0.39, 0.29) is 0 Å². The van der Waals surface area contributed by atoms with E-state index in [0.717, 1.165) is 23.7 Å². The highest BCUT2D eigenvalue weighted by molar-refractivity contribution is 5.26. The number of rotatable bonds is 12. The first-order valence-electron chi connectivity index (χ1n) is 8.63. The van der Waals surface area contributed by atoms with Crippen molar-refractivity contribution in [2.45, 2.75) is 58.8 Å². The molecule has 0 bridgehead atoms. The molecule has 0 spiro atoms. The lowest BCUT2D eigenvalue weighted by Gasteiger charge is -2.17. The standard InChI is InChI=1S/C19H33NO3/c1-15(2)6-5-7-16(3)20-12-18(21)14-23-13-17-8-10-19(22-4)11-9-17/h8-11,15-16,18,20-21H,5-7,12-14H2,1-4H3/t16-,18-/m0/s1. The number of ether oxygens (including phenoxy) is 2.